The van der Waals surface area contributed by atoms with Crippen molar-refractivity contribution >= 4 is 5.97 Å². The van der Waals surface area contributed by atoms with Gasteiger partial charge in [0.2, 0.25) is 0 Å². The van der Waals surface area contributed by atoms with Gasteiger partial charge in [0.15, 0.2) is 0 Å². The van der Waals surface area contributed by atoms with Crippen molar-refractivity contribution in [3.63, 3.8) is 0 Å². The van der Waals surface area contributed by atoms with Gasteiger partial charge in [-0.1, -0.05) is 37.3 Å². The van der Waals surface area contributed by atoms with E-state index in [2.05, 4.69) is 0 Å². The Morgan fingerprint density at radius 1 is 1.31 bits per heavy atom. The van der Waals surface area contributed by atoms with Gasteiger partial charge in [-0.05, 0) is 17.9 Å². The summed E-state index contributed by atoms with van der Waals surface area (Å²) in [6.45, 7) is 2.03. The number of carbonyl (C=O) groups is 1. The van der Waals surface area contributed by atoms with Gasteiger partial charge in [-0.25, -0.2) is 9.90 Å². The second-order valence-corrected chi connectivity index (χ2v) is 3.22. The Hall–Kier alpha value is -1.31. The average Bonchev–Trinajstić information content (AvgIpc) is 2.15. The molecule has 0 aliphatic carbocycles. The highest BCUT2D eigenvalue weighted by molar-refractivity contribution is 5.66. The molecule has 1 aromatic carbocycles. The van der Waals surface area contributed by atoms with Crippen LogP contribution in [-0.4, -0.2) is 5.97 Å². The summed E-state index contributed by atoms with van der Waals surface area (Å²) in [5.41, 5.74) is 1.18. The quantitative estimate of drug-likeness (QED) is 0.696. The van der Waals surface area contributed by atoms with Gasteiger partial charge in [0.1, 0.15) is 0 Å². The fourth-order valence-electron chi connectivity index (χ4n) is 1.28. The highest BCUT2D eigenvalue weighted by atomic mass is 16.4. The Balaban J connectivity index is 2.49. The van der Waals surface area contributed by atoms with Crippen LogP contribution in [0.25, 0.3) is 0 Å². The summed E-state index contributed by atoms with van der Waals surface area (Å²) < 4.78 is 0. The third kappa shape index (κ3) is 3.28. The molecule has 1 atom stereocenters. The van der Waals surface area contributed by atoms with E-state index in [9.17, 15) is 9.90 Å². The van der Waals surface area contributed by atoms with Gasteiger partial charge in [-0.3, -0.25) is 0 Å². The lowest BCUT2D eigenvalue weighted by molar-refractivity contribution is -0.143. The summed E-state index contributed by atoms with van der Waals surface area (Å²) in [5.74, 6) is -0.679. The van der Waals surface area contributed by atoms with E-state index in [-0.39, 0.29) is 6.42 Å². The highest BCUT2D eigenvalue weighted by Crippen LogP contribution is 2.19. The topological polar surface area (TPSA) is 37.0 Å². The molecule has 1 unspecified atom stereocenters. The van der Waals surface area contributed by atoms with Gasteiger partial charge in [0.25, 0.3) is 0 Å². The molecule has 1 radical (unpaired) electrons. The lowest BCUT2D eigenvalue weighted by Crippen LogP contribution is -1.98. The number of hydrogen-bond acceptors (Lipinski definition) is 1. The second kappa shape index (κ2) is 4.65. The zero-order chi connectivity index (χ0) is 9.68. The Kier molecular flexibility index (Phi) is 3.50. The summed E-state index contributed by atoms with van der Waals surface area (Å²) in [6.07, 6.45) is 0.780. The van der Waals surface area contributed by atoms with Crippen LogP contribution in [0.5, 0.6) is 0 Å². The summed E-state index contributed by atoms with van der Waals surface area (Å²) in [7, 11) is 0. The molecule has 0 aliphatic heterocycles. The SMILES string of the molecule is CC(CCC([O])=O)c1ccccc1. The van der Waals surface area contributed by atoms with E-state index in [1.54, 1.807) is 0 Å². The third-order valence-electron chi connectivity index (χ3n) is 2.15. The number of hydrogen-bond donors (Lipinski definition) is 0. The molecule has 13 heavy (non-hydrogen) atoms. The van der Waals surface area contributed by atoms with Crippen molar-refractivity contribution in [2.45, 2.75) is 25.7 Å². The van der Waals surface area contributed by atoms with Crippen molar-refractivity contribution in [2.24, 2.45) is 0 Å². The minimum atomic E-state index is -0.970. The van der Waals surface area contributed by atoms with Gasteiger partial charge in [-0.15, -0.1) is 0 Å². The molecule has 0 amide bonds. The van der Waals surface area contributed by atoms with Crippen molar-refractivity contribution in [3.8, 4) is 0 Å². The van der Waals surface area contributed by atoms with Crippen molar-refractivity contribution < 1.29 is 9.90 Å². The average molecular weight is 177 g/mol. The van der Waals surface area contributed by atoms with Crippen molar-refractivity contribution in [1.29, 1.82) is 0 Å². The van der Waals surface area contributed by atoms with Crippen LogP contribution in [0.4, 0.5) is 0 Å². The van der Waals surface area contributed by atoms with E-state index < -0.39 is 5.97 Å². The monoisotopic (exact) mass is 177 g/mol. The second-order valence-electron chi connectivity index (χ2n) is 3.22. The summed E-state index contributed by atoms with van der Waals surface area (Å²) in [4.78, 5) is 10.2. The maximum Gasteiger partial charge on any atom is 0.355 e. The van der Waals surface area contributed by atoms with E-state index in [4.69, 9.17) is 0 Å². The molecule has 0 spiro atoms. The molecule has 0 aromatic heterocycles. The zero-order valence-electron chi connectivity index (χ0n) is 7.69. The van der Waals surface area contributed by atoms with Gasteiger partial charge in [0, 0.05) is 0 Å². The normalized spacial score (nSPS) is 12.4. The molecule has 1 rings (SSSR count). The lowest BCUT2D eigenvalue weighted by atomic mass is 9.96. The van der Waals surface area contributed by atoms with Gasteiger partial charge in [0.05, 0.1) is 6.42 Å². The van der Waals surface area contributed by atoms with Crippen LogP contribution in [0.2, 0.25) is 0 Å². The van der Waals surface area contributed by atoms with Gasteiger partial charge < -0.3 is 0 Å². The highest BCUT2D eigenvalue weighted by Gasteiger charge is 2.07. The lowest BCUT2D eigenvalue weighted by Gasteiger charge is -2.08. The Morgan fingerprint density at radius 2 is 1.92 bits per heavy atom. The minimum absolute atomic E-state index is 0.135. The fraction of sp³-hybridized carbons (Fsp3) is 0.364. The maximum atomic E-state index is 10.2. The summed E-state index contributed by atoms with van der Waals surface area (Å²) in [6, 6.07) is 9.91. The van der Waals surface area contributed by atoms with Crippen molar-refractivity contribution in [2.75, 3.05) is 0 Å². The first-order chi connectivity index (χ1) is 6.20. The van der Waals surface area contributed by atoms with Crippen LogP contribution < -0.4 is 0 Å². The number of benzene rings is 1. The Bertz CT molecular complexity index is 267. The van der Waals surface area contributed by atoms with Crippen LogP contribution in [-0.2, 0) is 9.90 Å². The standard InChI is InChI=1S/C11H13O2/c1-9(7-8-11(12)13)10-5-3-2-4-6-10/h2-6,9H,7-8H2,1H3. The number of rotatable bonds is 4. The van der Waals surface area contributed by atoms with E-state index >= 15 is 0 Å². The smallest absolute Gasteiger partial charge is 0.247 e. The summed E-state index contributed by atoms with van der Waals surface area (Å²) >= 11 is 0. The molecular weight excluding hydrogens is 164 g/mol. The maximum absolute atomic E-state index is 10.2. The van der Waals surface area contributed by atoms with E-state index in [0.717, 1.165) is 0 Å². The largest absolute Gasteiger partial charge is 0.355 e. The molecule has 0 bridgehead atoms. The predicted octanol–water partition coefficient (Wildman–Crippen LogP) is 2.53. The van der Waals surface area contributed by atoms with Gasteiger partial charge >= 0.3 is 5.97 Å². The van der Waals surface area contributed by atoms with Crippen LogP contribution in [0.3, 0.4) is 0 Å². The van der Waals surface area contributed by atoms with Crippen LogP contribution in [0.15, 0.2) is 30.3 Å². The first kappa shape index (κ1) is 9.78. The van der Waals surface area contributed by atoms with E-state index in [1.807, 2.05) is 37.3 Å². The third-order valence-corrected chi connectivity index (χ3v) is 2.15. The number of carbonyl (C=O) groups excluding carboxylic acids is 1. The Morgan fingerprint density at radius 3 is 2.46 bits per heavy atom. The van der Waals surface area contributed by atoms with Crippen molar-refractivity contribution in [3.05, 3.63) is 35.9 Å². The first-order valence-corrected chi connectivity index (χ1v) is 4.45. The molecule has 0 N–H and O–H groups in total. The van der Waals surface area contributed by atoms with Crippen LogP contribution in [0, 0.1) is 0 Å². The Labute approximate surface area is 78.2 Å². The molecule has 2 heteroatoms. The van der Waals surface area contributed by atoms with E-state index in [0.29, 0.717) is 12.3 Å². The molecule has 1 aromatic rings. The van der Waals surface area contributed by atoms with Crippen molar-refractivity contribution in [1.82, 2.24) is 0 Å². The minimum Gasteiger partial charge on any atom is -0.247 e. The first-order valence-electron chi connectivity index (χ1n) is 4.45. The van der Waals surface area contributed by atoms with Crippen LogP contribution in [0.1, 0.15) is 31.2 Å². The predicted molar refractivity (Wildman–Crippen MR) is 49.8 cm³/mol. The molecule has 69 valence electrons. The zero-order valence-corrected chi connectivity index (χ0v) is 7.69. The van der Waals surface area contributed by atoms with E-state index in [1.165, 1.54) is 5.56 Å². The van der Waals surface area contributed by atoms with Crippen LogP contribution >= 0.6 is 0 Å². The molecule has 0 saturated heterocycles. The fourth-order valence-corrected chi connectivity index (χ4v) is 1.28. The molecule has 2 nitrogen and oxygen atoms in total. The summed E-state index contributed by atoms with van der Waals surface area (Å²) in [5, 5.41) is 10.2. The van der Waals surface area contributed by atoms with Gasteiger partial charge in [-0.2, -0.15) is 0 Å². The molecular formula is C11H13O2. The molecule has 0 aliphatic rings. The molecule has 0 fully saturated rings. The molecule has 0 saturated carbocycles. The molecule has 0 heterocycles.